The van der Waals surface area contributed by atoms with Gasteiger partial charge in [-0.2, -0.15) is 4.98 Å². The van der Waals surface area contributed by atoms with E-state index in [0.717, 1.165) is 43.5 Å². The summed E-state index contributed by atoms with van der Waals surface area (Å²) in [6.07, 6.45) is 14.7. The molecule has 27 heavy (non-hydrogen) atoms. The van der Waals surface area contributed by atoms with Crippen LogP contribution in [0.25, 0.3) is 0 Å². The lowest BCUT2D eigenvalue weighted by Gasteiger charge is -2.12. The zero-order valence-electron chi connectivity index (χ0n) is 18.3. The second kappa shape index (κ2) is 15.7. The van der Waals surface area contributed by atoms with Crippen LogP contribution in [0.3, 0.4) is 0 Å². The fourth-order valence-corrected chi connectivity index (χ4v) is 3.16. The molecule has 5 heteroatoms. The van der Waals surface area contributed by atoms with Gasteiger partial charge in [0.15, 0.2) is 0 Å². The van der Waals surface area contributed by atoms with E-state index in [1.54, 1.807) is 0 Å². The summed E-state index contributed by atoms with van der Waals surface area (Å²) in [6, 6.07) is 2.02. The molecule has 0 atom stereocenters. The van der Waals surface area contributed by atoms with E-state index >= 15 is 0 Å². The van der Waals surface area contributed by atoms with Crippen LogP contribution in [0.1, 0.15) is 83.2 Å². The Morgan fingerprint density at radius 2 is 1.37 bits per heavy atom. The third-order valence-corrected chi connectivity index (χ3v) is 4.76. The number of unbranched alkanes of at least 4 members (excludes halogenated alkanes) is 9. The SMILES string of the molecule is CCCCCCCCCCCCNc1nc(C)cc(NCCCN(C)C)n1. The molecule has 0 aliphatic carbocycles. The molecular weight excluding hydrogens is 334 g/mol. The summed E-state index contributed by atoms with van der Waals surface area (Å²) in [7, 11) is 4.20. The quantitative estimate of drug-likeness (QED) is 0.352. The van der Waals surface area contributed by atoms with E-state index in [9.17, 15) is 0 Å². The van der Waals surface area contributed by atoms with Crippen molar-refractivity contribution in [3.8, 4) is 0 Å². The number of nitrogens with one attached hydrogen (secondary N) is 2. The highest BCUT2D eigenvalue weighted by atomic mass is 15.1. The summed E-state index contributed by atoms with van der Waals surface area (Å²) < 4.78 is 0. The average molecular weight is 378 g/mol. The zero-order chi connectivity index (χ0) is 19.7. The van der Waals surface area contributed by atoms with Crippen LogP contribution in [0.5, 0.6) is 0 Å². The molecule has 0 saturated carbocycles. The molecule has 0 aliphatic heterocycles. The molecule has 0 saturated heterocycles. The Morgan fingerprint density at radius 3 is 2.00 bits per heavy atom. The molecule has 0 spiro atoms. The Kier molecular flexibility index (Phi) is 13.7. The topological polar surface area (TPSA) is 53.1 Å². The van der Waals surface area contributed by atoms with Gasteiger partial charge >= 0.3 is 0 Å². The first kappa shape index (κ1) is 23.7. The number of anilines is 2. The normalized spacial score (nSPS) is 11.1. The van der Waals surface area contributed by atoms with E-state index in [-0.39, 0.29) is 0 Å². The maximum Gasteiger partial charge on any atom is 0.224 e. The van der Waals surface area contributed by atoms with Gasteiger partial charge in [0, 0.05) is 24.8 Å². The lowest BCUT2D eigenvalue weighted by Crippen LogP contribution is -2.17. The van der Waals surface area contributed by atoms with Crippen molar-refractivity contribution in [1.29, 1.82) is 0 Å². The first-order valence-electron chi connectivity index (χ1n) is 11.1. The molecular formula is C22H43N5. The van der Waals surface area contributed by atoms with Crippen LogP contribution >= 0.6 is 0 Å². The van der Waals surface area contributed by atoms with Crippen LogP contribution in [0.15, 0.2) is 6.07 Å². The molecule has 0 bridgehead atoms. The average Bonchev–Trinajstić information content (AvgIpc) is 2.63. The van der Waals surface area contributed by atoms with Crippen molar-refractivity contribution in [2.75, 3.05) is 44.4 Å². The van der Waals surface area contributed by atoms with Crippen molar-refractivity contribution in [3.05, 3.63) is 11.8 Å². The fraction of sp³-hybridized carbons (Fsp3) is 0.818. The molecule has 0 unspecified atom stereocenters. The number of hydrogen-bond acceptors (Lipinski definition) is 5. The fourth-order valence-electron chi connectivity index (χ4n) is 3.16. The summed E-state index contributed by atoms with van der Waals surface area (Å²) in [5.41, 5.74) is 1.01. The Balaban J connectivity index is 2.10. The number of rotatable bonds is 17. The molecule has 1 heterocycles. The van der Waals surface area contributed by atoms with E-state index in [4.69, 9.17) is 0 Å². The van der Waals surface area contributed by atoms with E-state index in [0.29, 0.717) is 0 Å². The minimum atomic E-state index is 0.751. The summed E-state index contributed by atoms with van der Waals surface area (Å²) >= 11 is 0. The van der Waals surface area contributed by atoms with Crippen molar-refractivity contribution < 1.29 is 0 Å². The lowest BCUT2D eigenvalue weighted by molar-refractivity contribution is 0.405. The van der Waals surface area contributed by atoms with Gasteiger partial charge in [-0.1, -0.05) is 64.7 Å². The number of aryl methyl sites for hydroxylation is 1. The van der Waals surface area contributed by atoms with Crippen LogP contribution < -0.4 is 10.6 Å². The molecule has 1 aromatic heterocycles. The maximum atomic E-state index is 4.59. The van der Waals surface area contributed by atoms with Gasteiger partial charge in [-0.15, -0.1) is 0 Å². The van der Waals surface area contributed by atoms with Crippen molar-refractivity contribution in [1.82, 2.24) is 14.9 Å². The number of hydrogen-bond donors (Lipinski definition) is 2. The first-order valence-corrected chi connectivity index (χ1v) is 11.1. The standard InChI is InChI=1S/C22H43N5/c1-5-6-7-8-9-10-11-12-13-14-16-24-22-25-20(2)19-21(26-22)23-17-15-18-27(3)4/h19H,5-18H2,1-4H3,(H2,23,24,25,26). The highest BCUT2D eigenvalue weighted by molar-refractivity contribution is 5.42. The predicted molar refractivity (Wildman–Crippen MR) is 119 cm³/mol. The molecule has 0 amide bonds. The number of aromatic nitrogens is 2. The molecule has 0 radical (unpaired) electrons. The summed E-state index contributed by atoms with van der Waals surface area (Å²) in [5, 5.41) is 6.80. The van der Waals surface area contributed by atoms with Crippen molar-refractivity contribution in [3.63, 3.8) is 0 Å². The van der Waals surface area contributed by atoms with Crippen molar-refractivity contribution in [2.24, 2.45) is 0 Å². The van der Waals surface area contributed by atoms with Crippen molar-refractivity contribution >= 4 is 11.8 Å². The smallest absolute Gasteiger partial charge is 0.224 e. The van der Waals surface area contributed by atoms with Gasteiger partial charge in [0.2, 0.25) is 5.95 Å². The van der Waals surface area contributed by atoms with Crippen LogP contribution in [-0.4, -0.2) is 48.6 Å². The van der Waals surface area contributed by atoms with Crippen molar-refractivity contribution in [2.45, 2.75) is 84.5 Å². The molecule has 0 aliphatic rings. The summed E-state index contributed by atoms with van der Waals surface area (Å²) in [5.74, 6) is 1.67. The third-order valence-electron chi connectivity index (χ3n) is 4.76. The Bertz CT molecular complexity index is 476. The zero-order valence-corrected chi connectivity index (χ0v) is 18.3. The first-order chi connectivity index (χ1) is 13.1. The molecule has 1 aromatic rings. The van der Waals surface area contributed by atoms with Crippen LogP contribution in [-0.2, 0) is 0 Å². The van der Waals surface area contributed by atoms with Gasteiger partial charge in [-0.3, -0.25) is 0 Å². The van der Waals surface area contributed by atoms with Crippen LogP contribution in [0.4, 0.5) is 11.8 Å². The highest BCUT2D eigenvalue weighted by Crippen LogP contribution is 2.12. The van der Waals surface area contributed by atoms with Gasteiger partial charge in [-0.25, -0.2) is 4.98 Å². The van der Waals surface area contributed by atoms with Gasteiger partial charge in [0.05, 0.1) is 0 Å². The molecule has 1 rings (SSSR count). The molecule has 0 fully saturated rings. The molecule has 2 N–H and O–H groups in total. The van der Waals surface area contributed by atoms with E-state index in [2.05, 4.69) is 46.5 Å². The molecule has 5 nitrogen and oxygen atoms in total. The van der Waals surface area contributed by atoms with Gasteiger partial charge in [0.25, 0.3) is 0 Å². The van der Waals surface area contributed by atoms with Crippen LogP contribution in [0.2, 0.25) is 0 Å². The molecule has 0 aromatic carbocycles. The van der Waals surface area contributed by atoms with Gasteiger partial charge in [-0.05, 0) is 40.4 Å². The highest BCUT2D eigenvalue weighted by Gasteiger charge is 2.02. The minimum absolute atomic E-state index is 0.751. The largest absolute Gasteiger partial charge is 0.370 e. The minimum Gasteiger partial charge on any atom is -0.370 e. The van der Waals surface area contributed by atoms with E-state index in [1.807, 2.05) is 13.0 Å². The second-order valence-corrected chi connectivity index (χ2v) is 7.91. The summed E-state index contributed by atoms with van der Waals surface area (Å²) in [6.45, 7) is 7.28. The predicted octanol–water partition coefficient (Wildman–Crippen LogP) is 5.48. The van der Waals surface area contributed by atoms with Crippen LogP contribution in [0, 0.1) is 6.92 Å². The van der Waals surface area contributed by atoms with Gasteiger partial charge in [0.1, 0.15) is 5.82 Å². The maximum absolute atomic E-state index is 4.59. The summed E-state index contributed by atoms with van der Waals surface area (Å²) in [4.78, 5) is 11.3. The Hall–Kier alpha value is -1.36. The van der Waals surface area contributed by atoms with E-state index < -0.39 is 0 Å². The Labute approximate surface area is 167 Å². The van der Waals surface area contributed by atoms with Gasteiger partial charge < -0.3 is 15.5 Å². The lowest BCUT2D eigenvalue weighted by atomic mass is 10.1. The number of nitrogens with zero attached hydrogens (tertiary/aromatic N) is 3. The Morgan fingerprint density at radius 1 is 0.778 bits per heavy atom. The molecule has 156 valence electrons. The second-order valence-electron chi connectivity index (χ2n) is 7.91. The third kappa shape index (κ3) is 13.5. The monoisotopic (exact) mass is 377 g/mol. The van der Waals surface area contributed by atoms with E-state index in [1.165, 1.54) is 64.2 Å².